The predicted molar refractivity (Wildman–Crippen MR) is 65.3 cm³/mol. The molecule has 0 aromatic rings. The van der Waals surface area contributed by atoms with Crippen LogP contribution in [0.15, 0.2) is 0 Å². The van der Waals surface area contributed by atoms with Crippen molar-refractivity contribution < 1.29 is 9.84 Å². The van der Waals surface area contributed by atoms with Gasteiger partial charge in [0.1, 0.15) is 0 Å². The normalized spacial score (nSPS) is 26.6. The number of likely N-dealkylation sites (tertiary alicyclic amines) is 1. The number of piperidine rings is 1. The van der Waals surface area contributed by atoms with Crippen LogP contribution in [-0.4, -0.2) is 55.5 Å². The first-order valence-corrected chi connectivity index (χ1v) is 6.18. The van der Waals surface area contributed by atoms with Crippen LogP contribution in [0, 0.1) is 5.92 Å². The number of nitrogens with zero attached hydrogens (tertiary/aromatic N) is 1. The Labute approximate surface area is 98.8 Å². The fraction of sp³-hybridized carbons (Fsp3) is 1.00. The van der Waals surface area contributed by atoms with E-state index >= 15 is 0 Å². The summed E-state index contributed by atoms with van der Waals surface area (Å²) in [7, 11) is 1.77. The number of hydrogen-bond acceptors (Lipinski definition) is 4. The van der Waals surface area contributed by atoms with E-state index in [2.05, 4.69) is 4.90 Å². The predicted octanol–water partition coefficient (Wildman–Crippen LogP) is 0.445. The lowest BCUT2D eigenvalue weighted by Crippen LogP contribution is -2.45. The van der Waals surface area contributed by atoms with Crippen molar-refractivity contribution >= 4 is 0 Å². The van der Waals surface area contributed by atoms with Crippen molar-refractivity contribution in [2.45, 2.75) is 31.7 Å². The fourth-order valence-corrected chi connectivity index (χ4v) is 2.22. The molecule has 0 spiro atoms. The highest BCUT2D eigenvalue weighted by Crippen LogP contribution is 2.17. The van der Waals surface area contributed by atoms with E-state index in [0.29, 0.717) is 5.92 Å². The van der Waals surface area contributed by atoms with Gasteiger partial charge in [-0.2, -0.15) is 0 Å². The van der Waals surface area contributed by atoms with E-state index in [1.807, 2.05) is 6.92 Å². The first-order chi connectivity index (χ1) is 7.57. The Morgan fingerprint density at radius 3 is 2.94 bits per heavy atom. The van der Waals surface area contributed by atoms with Gasteiger partial charge in [-0.25, -0.2) is 0 Å². The van der Waals surface area contributed by atoms with Gasteiger partial charge in [0, 0.05) is 19.2 Å². The molecular formula is C12H26N2O2. The van der Waals surface area contributed by atoms with Gasteiger partial charge in [0.25, 0.3) is 0 Å². The monoisotopic (exact) mass is 230 g/mol. The van der Waals surface area contributed by atoms with Crippen LogP contribution in [0.4, 0.5) is 0 Å². The number of hydrogen-bond donors (Lipinski definition) is 2. The van der Waals surface area contributed by atoms with Crippen LogP contribution in [0.1, 0.15) is 26.2 Å². The second-order valence-electron chi connectivity index (χ2n) is 5.33. The van der Waals surface area contributed by atoms with Crippen molar-refractivity contribution in [3.05, 3.63) is 0 Å². The summed E-state index contributed by atoms with van der Waals surface area (Å²) in [5.74, 6) is 0.664. The third-order valence-corrected chi connectivity index (χ3v) is 3.37. The van der Waals surface area contributed by atoms with E-state index in [1.165, 1.54) is 12.8 Å². The molecule has 4 nitrogen and oxygen atoms in total. The second-order valence-corrected chi connectivity index (χ2v) is 5.33. The minimum Gasteiger partial charge on any atom is -0.394 e. The Hall–Kier alpha value is -0.160. The Kier molecular flexibility index (Phi) is 5.69. The molecule has 1 heterocycles. The second kappa shape index (κ2) is 6.55. The van der Waals surface area contributed by atoms with E-state index in [-0.39, 0.29) is 6.61 Å². The van der Waals surface area contributed by atoms with Crippen LogP contribution in [0.25, 0.3) is 0 Å². The molecule has 1 aliphatic rings. The summed E-state index contributed by atoms with van der Waals surface area (Å²) in [5, 5.41) is 9.10. The van der Waals surface area contributed by atoms with Crippen LogP contribution in [0.3, 0.4) is 0 Å². The summed E-state index contributed by atoms with van der Waals surface area (Å²) in [6, 6.07) is 0. The van der Waals surface area contributed by atoms with Crippen LogP contribution in [0.5, 0.6) is 0 Å². The van der Waals surface area contributed by atoms with Crippen LogP contribution >= 0.6 is 0 Å². The van der Waals surface area contributed by atoms with Crippen molar-refractivity contribution in [3.8, 4) is 0 Å². The third-order valence-electron chi connectivity index (χ3n) is 3.37. The lowest BCUT2D eigenvalue weighted by atomic mass is 9.96. The van der Waals surface area contributed by atoms with Gasteiger partial charge in [0.15, 0.2) is 0 Å². The van der Waals surface area contributed by atoms with Gasteiger partial charge in [0.05, 0.1) is 13.2 Å². The van der Waals surface area contributed by atoms with E-state index in [9.17, 15) is 0 Å². The van der Waals surface area contributed by atoms with Crippen molar-refractivity contribution in [2.24, 2.45) is 11.7 Å². The number of nitrogens with two attached hydrogens (primary N) is 1. The molecule has 0 aromatic heterocycles. The molecule has 0 bridgehead atoms. The SMILES string of the molecule is COCC1CCCN(CCC(C)(N)CO)C1. The molecule has 0 radical (unpaired) electrons. The third kappa shape index (κ3) is 4.78. The summed E-state index contributed by atoms with van der Waals surface area (Å²) in [4.78, 5) is 2.44. The van der Waals surface area contributed by atoms with Crippen molar-refractivity contribution in [2.75, 3.05) is 40.0 Å². The van der Waals surface area contributed by atoms with Crippen LogP contribution in [0.2, 0.25) is 0 Å². The summed E-state index contributed by atoms with van der Waals surface area (Å²) in [6.07, 6.45) is 3.36. The number of methoxy groups -OCH3 is 1. The minimum absolute atomic E-state index is 0.0579. The Bertz CT molecular complexity index is 195. The lowest BCUT2D eigenvalue weighted by molar-refractivity contribution is 0.0836. The lowest BCUT2D eigenvalue weighted by Gasteiger charge is -2.34. The number of aliphatic hydroxyl groups is 1. The van der Waals surface area contributed by atoms with Gasteiger partial charge in [-0.3, -0.25) is 0 Å². The zero-order valence-corrected chi connectivity index (χ0v) is 10.6. The molecule has 3 N–H and O–H groups in total. The molecule has 1 rings (SSSR count). The standard InChI is InChI=1S/C12H26N2O2/c1-12(13,10-15)5-7-14-6-3-4-11(8-14)9-16-2/h11,15H,3-10,13H2,1-2H3. The topological polar surface area (TPSA) is 58.7 Å². The van der Waals surface area contributed by atoms with Gasteiger partial charge >= 0.3 is 0 Å². The van der Waals surface area contributed by atoms with Crippen LogP contribution in [-0.2, 0) is 4.74 Å². The molecule has 4 heteroatoms. The van der Waals surface area contributed by atoms with Gasteiger partial charge in [-0.15, -0.1) is 0 Å². The van der Waals surface area contributed by atoms with Gasteiger partial charge < -0.3 is 20.5 Å². The number of rotatable bonds is 6. The minimum atomic E-state index is -0.436. The Morgan fingerprint density at radius 2 is 2.31 bits per heavy atom. The first-order valence-electron chi connectivity index (χ1n) is 6.18. The van der Waals surface area contributed by atoms with Gasteiger partial charge in [0.2, 0.25) is 0 Å². The molecule has 1 fully saturated rings. The molecule has 0 saturated carbocycles. The molecular weight excluding hydrogens is 204 g/mol. The summed E-state index contributed by atoms with van der Waals surface area (Å²) in [6.45, 7) is 6.06. The zero-order chi connectivity index (χ0) is 12.0. The molecule has 2 unspecified atom stereocenters. The zero-order valence-electron chi connectivity index (χ0n) is 10.6. The molecule has 96 valence electrons. The maximum Gasteiger partial charge on any atom is 0.0608 e. The van der Waals surface area contributed by atoms with Crippen molar-refractivity contribution in [1.82, 2.24) is 4.90 Å². The highest BCUT2D eigenvalue weighted by Gasteiger charge is 2.23. The average Bonchev–Trinajstić information content (AvgIpc) is 2.28. The van der Waals surface area contributed by atoms with E-state index in [1.54, 1.807) is 7.11 Å². The van der Waals surface area contributed by atoms with Crippen molar-refractivity contribution in [3.63, 3.8) is 0 Å². The molecule has 0 aliphatic carbocycles. The Morgan fingerprint density at radius 1 is 1.56 bits per heavy atom. The first kappa shape index (κ1) is 13.9. The van der Waals surface area contributed by atoms with Crippen molar-refractivity contribution in [1.29, 1.82) is 0 Å². The summed E-state index contributed by atoms with van der Waals surface area (Å²) in [5.41, 5.74) is 5.49. The molecule has 1 saturated heterocycles. The van der Waals surface area contributed by atoms with Crippen LogP contribution < -0.4 is 5.73 Å². The largest absolute Gasteiger partial charge is 0.394 e. The summed E-state index contributed by atoms with van der Waals surface area (Å²) < 4.78 is 5.20. The van der Waals surface area contributed by atoms with E-state index in [4.69, 9.17) is 15.6 Å². The average molecular weight is 230 g/mol. The van der Waals surface area contributed by atoms with E-state index in [0.717, 1.165) is 32.7 Å². The van der Waals surface area contributed by atoms with E-state index < -0.39 is 5.54 Å². The molecule has 0 aromatic carbocycles. The fourth-order valence-electron chi connectivity index (χ4n) is 2.22. The molecule has 0 amide bonds. The highest BCUT2D eigenvalue weighted by atomic mass is 16.5. The van der Waals surface area contributed by atoms with Gasteiger partial charge in [-0.1, -0.05) is 0 Å². The maximum absolute atomic E-state index is 9.10. The number of aliphatic hydroxyl groups excluding tert-OH is 1. The molecule has 1 aliphatic heterocycles. The molecule has 16 heavy (non-hydrogen) atoms. The molecule has 2 atom stereocenters. The number of ether oxygens (including phenoxy) is 1. The smallest absolute Gasteiger partial charge is 0.0608 e. The highest BCUT2D eigenvalue weighted by molar-refractivity contribution is 4.81. The maximum atomic E-state index is 9.10. The van der Waals surface area contributed by atoms with Gasteiger partial charge in [-0.05, 0) is 45.2 Å². The summed E-state index contributed by atoms with van der Waals surface area (Å²) >= 11 is 0. The quantitative estimate of drug-likeness (QED) is 0.695. The Balaban J connectivity index is 2.26.